The van der Waals surface area contributed by atoms with Crippen molar-refractivity contribution in [2.75, 3.05) is 33.7 Å². The lowest BCUT2D eigenvalue weighted by atomic mass is 10.1. The number of nitro benzene ring substituents is 1. The molecule has 118 valence electrons. The number of benzene rings is 1. The number of nitro groups is 1. The van der Waals surface area contributed by atoms with Crippen LogP contribution in [0, 0.1) is 10.1 Å². The van der Waals surface area contributed by atoms with Gasteiger partial charge in [0.1, 0.15) is 0 Å². The van der Waals surface area contributed by atoms with Crippen molar-refractivity contribution in [3.63, 3.8) is 0 Å². The van der Waals surface area contributed by atoms with Crippen LogP contribution in [0.2, 0.25) is 0 Å². The highest BCUT2D eigenvalue weighted by Crippen LogP contribution is 2.17. The molecule has 21 heavy (non-hydrogen) atoms. The molecule has 0 aliphatic carbocycles. The number of likely N-dealkylation sites (N-methyl/N-ethyl adjacent to an activating group) is 1. The molecule has 7 nitrogen and oxygen atoms in total. The Morgan fingerprint density at radius 3 is 2.43 bits per heavy atom. The van der Waals surface area contributed by atoms with Crippen molar-refractivity contribution in [3.05, 3.63) is 39.9 Å². The lowest BCUT2D eigenvalue weighted by Gasteiger charge is -2.27. The molecule has 0 saturated carbocycles. The van der Waals surface area contributed by atoms with Crippen molar-refractivity contribution >= 4 is 5.69 Å². The number of hydrogen-bond donors (Lipinski definition) is 3. The summed E-state index contributed by atoms with van der Waals surface area (Å²) in [5.74, 6) is 0. The third-order valence-electron chi connectivity index (χ3n) is 2.99. The van der Waals surface area contributed by atoms with Gasteiger partial charge in [-0.1, -0.05) is 0 Å². The summed E-state index contributed by atoms with van der Waals surface area (Å²) in [5, 5.41) is 33.7. The zero-order chi connectivity index (χ0) is 16.0. The summed E-state index contributed by atoms with van der Waals surface area (Å²) in [6.07, 6.45) is -0.777. The topological polar surface area (TPSA) is 98.9 Å². The van der Waals surface area contributed by atoms with E-state index >= 15 is 0 Å². The lowest BCUT2D eigenvalue weighted by Crippen LogP contribution is -2.46. The van der Waals surface area contributed by atoms with Gasteiger partial charge >= 0.3 is 0 Å². The Bertz CT molecular complexity index is 460. The number of aliphatic hydroxyl groups is 2. The van der Waals surface area contributed by atoms with Crippen LogP contribution in [-0.2, 0) is 0 Å². The lowest BCUT2D eigenvalue weighted by molar-refractivity contribution is -0.384. The minimum absolute atomic E-state index is 0.00664. The highest BCUT2D eigenvalue weighted by molar-refractivity contribution is 5.33. The van der Waals surface area contributed by atoms with Gasteiger partial charge in [0.2, 0.25) is 0 Å². The molecule has 2 unspecified atom stereocenters. The van der Waals surface area contributed by atoms with Gasteiger partial charge < -0.3 is 20.4 Å². The van der Waals surface area contributed by atoms with E-state index in [9.17, 15) is 20.3 Å². The molecule has 1 rings (SSSR count). The summed E-state index contributed by atoms with van der Waals surface area (Å²) < 4.78 is 0. The van der Waals surface area contributed by atoms with Crippen molar-refractivity contribution in [1.29, 1.82) is 0 Å². The summed E-state index contributed by atoms with van der Waals surface area (Å²) in [6, 6.07) is 5.78. The Morgan fingerprint density at radius 1 is 1.38 bits per heavy atom. The molecule has 0 fully saturated rings. The van der Waals surface area contributed by atoms with Crippen LogP contribution in [0.3, 0.4) is 0 Å². The van der Waals surface area contributed by atoms with E-state index in [1.807, 2.05) is 19.0 Å². The third kappa shape index (κ3) is 6.17. The smallest absolute Gasteiger partial charge is 0.269 e. The summed E-state index contributed by atoms with van der Waals surface area (Å²) in [6.45, 7) is 2.84. The van der Waals surface area contributed by atoms with E-state index in [1.165, 1.54) is 24.3 Å². The highest BCUT2D eigenvalue weighted by atomic mass is 16.6. The molecule has 1 aromatic rings. The first kappa shape index (κ1) is 17.5. The molecule has 0 spiro atoms. The largest absolute Gasteiger partial charge is 0.388 e. The van der Waals surface area contributed by atoms with Gasteiger partial charge in [-0.15, -0.1) is 0 Å². The van der Waals surface area contributed by atoms with Gasteiger partial charge in [-0.25, -0.2) is 0 Å². The Balaban J connectivity index is 2.46. The second-order valence-electron chi connectivity index (χ2n) is 5.73. The number of non-ortho nitro benzene ring substituents is 1. The molecule has 3 N–H and O–H groups in total. The molecule has 0 bridgehead atoms. The minimum atomic E-state index is -0.890. The molecule has 0 radical (unpaired) electrons. The van der Waals surface area contributed by atoms with Gasteiger partial charge in [-0.05, 0) is 38.7 Å². The average molecular weight is 297 g/mol. The van der Waals surface area contributed by atoms with Gasteiger partial charge in [-0.2, -0.15) is 0 Å². The third-order valence-corrected chi connectivity index (χ3v) is 2.99. The SMILES string of the molecule is CN(C)CC(C)(O)CNCC(O)c1ccc([N+](=O)[O-])cc1. The van der Waals surface area contributed by atoms with Crippen molar-refractivity contribution in [3.8, 4) is 0 Å². The second-order valence-corrected chi connectivity index (χ2v) is 5.73. The first-order chi connectivity index (χ1) is 9.71. The maximum atomic E-state index is 10.6. The fourth-order valence-electron chi connectivity index (χ4n) is 2.15. The Labute approximate surface area is 124 Å². The fourth-order valence-corrected chi connectivity index (χ4v) is 2.15. The van der Waals surface area contributed by atoms with E-state index in [0.29, 0.717) is 18.7 Å². The maximum Gasteiger partial charge on any atom is 0.269 e. The van der Waals surface area contributed by atoms with Crippen molar-refractivity contribution in [1.82, 2.24) is 10.2 Å². The van der Waals surface area contributed by atoms with Crippen LogP contribution in [0.25, 0.3) is 0 Å². The Morgan fingerprint density at radius 2 is 1.95 bits per heavy atom. The summed E-state index contributed by atoms with van der Waals surface area (Å²) in [5.41, 5.74) is -0.299. The van der Waals surface area contributed by atoms with Crippen LogP contribution in [-0.4, -0.2) is 59.4 Å². The van der Waals surface area contributed by atoms with Crippen molar-refractivity contribution in [2.24, 2.45) is 0 Å². The summed E-state index contributed by atoms with van der Waals surface area (Å²) >= 11 is 0. The Hall–Kier alpha value is -1.54. The van der Waals surface area contributed by atoms with Gasteiger partial charge in [-0.3, -0.25) is 10.1 Å². The average Bonchev–Trinajstić information content (AvgIpc) is 2.36. The van der Waals surface area contributed by atoms with E-state index in [0.717, 1.165) is 0 Å². The van der Waals surface area contributed by atoms with Gasteiger partial charge in [0.15, 0.2) is 0 Å². The number of hydrogen-bond acceptors (Lipinski definition) is 6. The molecule has 0 saturated heterocycles. The number of nitrogens with zero attached hydrogens (tertiary/aromatic N) is 2. The van der Waals surface area contributed by atoms with Crippen LogP contribution in [0.1, 0.15) is 18.6 Å². The molecular formula is C14H23N3O4. The van der Waals surface area contributed by atoms with Crippen LogP contribution < -0.4 is 5.32 Å². The summed E-state index contributed by atoms with van der Waals surface area (Å²) in [4.78, 5) is 12.0. The second kappa shape index (κ2) is 7.46. The van der Waals surface area contributed by atoms with Crippen molar-refractivity contribution < 1.29 is 15.1 Å². The van der Waals surface area contributed by atoms with E-state index < -0.39 is 16.6 Å². The van der Waals surface area contributed by atoms with Gasteiger partial charge in [0.25, 0.3) is 5.69 Å². The maximum absolute atomic E-state index is 10.6. The monoisotopic (exact) mass is 297 g/mol. The molecule has 0 aliphatic rings. The van der Waals surface area contributed by atoms with Crippen molar-refractivity contribution in [2.45, 2.75) is 18.6 Å². The van der Waals surface area contributed by atoms with E-state index in [-0.39, 0.29) is 12.2 Å². The predicted octanol–water partition coefficient (Wildman–Crippen LogP) is 0.530. The Kier molecular flexibility index (Phi) is 6.22. The highest BCUT2D eigenvalue weighted by Gasteiger charge is 2.21. The quantitative estimate of drug-likeness (QED) is 0.478. The summed E-state index contributed by atoms with van der Waals surface area (Å²) in [7, 11) is 3.75. The molecule has 7 heteroatoms. The first-order valence-corrected chi connectivity index (χ1v) is 6.71. The normalized spacial score (nSPS) is 15.7. The number of nitrogens with one attached hydrogen (secondary N) is 1. The van der Waals surface area contributed by atoms with Gasteiger partial charge in [0.05, 0.1) is 16.6 Å². The molecular weight excluding hydrogens is 274 g/mol. The predicted molar refractivity (Wildman–Crippen MR) is 80.1 cm³/mol. The fraction of sp³-hybridized carbons (Fsp3) is 0.571. The zero-order valence-corrected chi connectivity index (χ0v) is 12.6. The number of aliphatic hydroxyl groups excluding tert-OH is 1. The van der Waals surface area contributed by atoms with Crippen LogP contribution >= 0.6 is 0 Å². The zero-order valence-electron chi connectivity index (χ0n) is 12.6. The van der Waals surface area contributed by atoms with E-state index in [2.05, 4.69) is 5.32 Å². The molecule has 0 aromatic heterocycles. The minimum Gasteiger partial charge on any atom is -0.388 e. The van der Waals surface area contributed by atoms with E-state index in [4.69, 9.17) is 0 Å². The molecule has 2 atom stereocenters. The van der Waals surface area contributed by atoms with Crippen LogP contribution in [0.5, 0.6) is 0 Å². The molecule has 0 heterocycles. The molecule has 0 aliphatic heterocycles. The van der Waals surface area contributed by atoms with Crippen LogP contribution in [0.4, 0.5) is 5.69 Å². The van der Waals surface area contributed by atoms with E-state index in [1.54, 1.807) is 6.92 Å². The standard InChI is InChI=1S/C14H23N3O4/c1-14(19,10-16(2)3)9-15-8-13(18)11-4-6-12(7-5-11)17(20)21/h4-7,13,15,18-19H,8-10H2,1-3H3. The molecule has 0 amide bonds. The molecule has 1 aromatic carbocycles. The first-order valence-electron chi connectivity index (χ1n) is 6.71. The van der Waals surface area contributed by atoms with Gasteiger partial charge in [0, 0.05) is 31.8 Å². The van der Waals surface area contributed by atoms with Crippen LogP contribution in [0.15, 0.2) is 24.3 Å². The number of rotatable bonds is 8.